The Bertz CT molecular complexity index is 547. The largest absolute Gasteiger partial charge is 0.327 e. The maximum atomic E-state index is 12.6. The Kier molecular flexibility index (Phi) is 2.88. The second-order valence-corrected chi connectivity index (χ2v) is 4.96. The fourth-order valence-corrected chi connectivity index (χ4v) is 2.35. The summed E-state index contributed by atoms with van der Waals surface area (Å²) in [6.45, 7) is -0.414. The molecule has 0 aliphatic heterocycles. The summed E-state index contributed by atoms with van der Waals surface area (Å²) in [4.78, 5) is 0. The molecule has 1 aliphatic rings. The molecule has 2 N–H and O–H groups in total. The van der Waals surface area contributed by atoms with E-state index in [-0.39, 0.29) is 0 Å². The summed E-state index contributed by atoms with van der Waals surface area (Å²) < 4.78 is 12.6. The highest BCUT2D eigenvalue weighted by molar-refractivity contribution is 5.64. The highest BCUT2D eigenvalue weighted by atomic mass is 19.1. The monoisotopic (exact) mass is 241 g/mol. The summed E-state index contributed by atoms with van der Waals surface area (Å²) in [6.07, 6.45) is 1.09. The van der Waals surface area contributed by atoms with Gasteiger partial charge in [-0.25, -0.2) is 4.39 Å². The summed E-state index contributed by atoms with van der Waals surface area (Å²) in [5, 5.41) is 0. The van der Waals surface area contributed by atoms with E-state index in [2.05, 4.69) is 24.3 Å². The Labute approximate surface area is 106 Å². The molecule has 0 radical (unpaired) electrons. The number of alkyl halides is 1. The average molecular weight is 241 g/mol. The van der Waals surface area contributed by atoms with Crippen molar-refractivity contribution in [3.05, 3.63) is 59.7 Å². The fraction of sp³-hybridized carbons (Fsp3) is 0.250. The molecular formula is C16H16FN. The van der Waals surface area contributed by atoms with Crippen LogP contribution < -0.4 is 5.73 Å². The lowest BCUT2D eigenvalue weighted by Crippen LogP contribution is -2.00. The van der Waals surface area contributed by atoms with E-state index in [1.165, 1.54) is 5.56 Å². The van der Waals surface area contributed by atoms with Gasteiger partial charge in [-0.05, 0) is 34.7 Å². The SMILES string of the molecule is N[C@H]1C[C@@H]1c1ccc(-c2cccc(CF)c2)cc1. The zero-order valence-corrected chi connectivity index (χ0v) is 10.1. The summed E-state index contributed by atoms with van der Waals surface area (Å²) in [5.41, 5.74) is 10.1. The molecule has 1 saturated carbocycles. The normalized spacial score (nSPS) is 21.9. The average Bonchev–Trinajstić information content (AvgIpc) is 3.16. The molecule has 0 saturated heterocycles. The molecule has 1 aliphatic carbocycles. The second kappa shape index (κ2) is 4.54. The molecular weight excluding hydrogens is 225 g/mol. The third-order valence-corrected chi connectivity index (χ3v) is 3.59. The first kappa shape index (κ1) is 11.4. The Balaban J connectivity index is 1.87. The minimum absolute atomic E-state index is 0.339. The number of hydrogen-bond acceptors (Lipinski definition) is 1. The van der Waals surface area contributed by atoms with Gasteiger partial charge in [0, 0.05) is 12.0 Å². The van der Waals surface area contributed by atoms with Gasteiger partial charge < -0.3 is 5.73 Å². The van der Waals surface area contributed by atoms with E-state index < -0.39 is 6.67 Å². The molecule has 18 heavy (non-hydrogen) atoms. The number of hydrogen-bond donors (Lipinski definition) is 1. The van der Waals surface area contributed by atoms with Crippen LogP contribution in [0.15, 0.2) is 48.5 Å². The van der Waals surface area contributed by atoms with Crippen molar-refractivity contribution < 1.29 is 4.39 Å². The molecule has 0 unspecified atom stereocenters. The van der Waals surface area contributed by atoms with Gasteiger partial charge in [0.25, 0.3) is 0 Å². The quantitative estimate of drug-likeness (QED) is 0.872. The molecule has 3 rings (SSSR count). The van der Waals surface area contributed by atoms with Crippen molar-refractivity contribution in [1.29, 1.82) is 0 Å². The maximum Gasteiger partial charge on any atom is 0.115 e. The fourth-order valence-electron chi connectivity index (χ4n) is 2.35. The van der Waals surface area contributed by atoms with Crippen LogP contribution in [0, 0.1) is 0 Å². The Hall–Kier alpha value is -1.67. The molecule has 2 atom stereocenters. The van der Waals surface area contributed by atoms with Crippen LogP contribution in [0.2, 0.25) is 0 Å². The van der Waals surface area contributed by atoms with E-state index in [0.717, 1.165) is 23.1 Å². The molecule has 0 amide bonds. The summed E-state index contributed by atoms with van der Waals surface area (Å²) in [7, 11) is 0. The Morgan fingerprint density at radius 1 is 1.06 bits per heavy atom. The standard InChI is InChI=1S/C16H16FN/c17-10-11-2-1-3-14(8-11)12-4-6-13(7-5-12)15-9-16(15)18/h1-8,15-16H,9-10,18H2/t15-,16+/m1/s1. The predicted molar refractivity (Wildman–Crippen MR) is 72.0 cm³/mol. The van der Waals surface area contributed by atoms with Crippen LogP contribution in [0.3, 0.4) is 0 Å². The lowest BCUT2D eigenvalue weighted by molar-refractivity contribution is 0.485. The molecule has 2 aromatic rings. The van der Waals surface area contributed by atoms with Crippen molar-refractivity contribution in [2.45, 2.75) is 25.1 Å². The summed E-state index contributed by atoms with van der Waals surface area (Å²) in [5.74, 6) is 0.538. The van der Waals surface area contributed by atoms with E-state index in [9.17, 15) is 4.39 Å². The number of benzene rings is 2. The van der Waals surface area contributed by atoms with E-state index >= 15 is 0 Å². The molecule has 0 bridgehead atoms. The van der Waals surface area contributed by atoms with Gasteiger partial charge in [-0.3, -0.25) is 0 Å². The van der Waals surface area contributed by atoms with Crippen molar-refractivity contribution in [3.8, 4) is 11.1 Å². The third-order valence-electron chi connectivity index (χ3n) is 3.59. The Morgan fingerprint density at radius 2 is 1.78 bits per heavy atom. The zero-order chi connectivity index (χ0) is 12.5. The zero-order valence-electron chi connectivity index (χ0n) is 10.1. The number of rotatable bonds is 3. The van der Waals surface area contributed by atoms with E-state index in [1.54, 1.807) is 6.07 Å². The van der Waals surface area contributed by atoms with E-state index in [1.807, 2.05) is 18.2 Å². The molecule has 1 fully saturated rings. The van der Waals surface area contributed by atoms with Crippen LogP contribution in [-0.2, 0) is 6.67 Å². The highest BCUT2D eigenvalue weighted by Crippen LogP contribution is 2.39. The van der Waals surface area contributed by atoms with Crippen LogP contribution in [-0.4, -0.2) is 6.04 Å². The van der Waals surface area contributed by atoms with Crippen molar-refractivity contribution in [3.63, 3.8) is 0 Å². The lowest BCUT2D eigenvalue weighted by atomic mass is 10.0. The van der Waals surface area contributed by atoms with Crippen LogP contribution in [0.25, 0.3) is 11.1 Å². The first-order valence-corrected chi connectivity index (χ1v) is 6.29. The topological polar surface area (TPSA) is 26.0 Å². The molecule has 2 aromatic carbocycles. The van der Waals surface area contributed by atoms with Crippen LogP contribution in [0.5, 0.6) is 0 Å². The van der Waals surface area contributed by atoms with Crippen molar-refractivity contribution >= 4 is 0 Å². The van der Waals surface area contributed by atoms with Crippen molar-refractivity contribution in [1.82, 2.24) is 0 Å². The summed E-state index contributed by atoms with van der Waals surface area (Å²) >= 11 is 0. The minimum Gasteiger partial charge on any atom is -0.327 e. The van der Waals surface area contributed by atoms with Crippen LogP contribution in [0.1, 0.15) is 23.5 Å². The van der Waals surface area contributed by atoms with Gasteiger partial charge in [0.2, 0.25) is 0 Å². The molecule has 2 heteroatoms. The highest BCUT2D eigenvalue weighted by Gasteiger charge is 2.34. The van der Waals surface area contributed by atoms with Crippen molar-refractivity contribution in [2.24, 2.45) is 5.73 Å². The van der Waals surface area contributed by atoms with Gasteiger partial charge in [0.1, 0.15) is 6.67 Å². The van der Waals surface area contributed by atoms with Gasteiger partial charge in [-0.2, -0.15) is 0 Å². The molecule has 0 heterocycles. The van der Waals surface area contributed by atoms with Gasteiger partial charge in [-0.15, -0.1) is 0 Å². The van der Waals surface area contributed by atoms with Gasteiger partial charge in [-0.1, -0.05) is 42.5 Å². The van der Waals surface area contributed by atoms with E-state index in [0.29, 0.717) is 12.0 Å². The molecule has 0 aromatic heterocycles. The smallest absolute Gasteiger partial charge is 0.115 e. The first-order chi connectivity index (χ1) is 8.78. The van der Waals surface area contributed by atoms with Crippen molar-refractivity contribution in [2.75, 3.05) is 0 Å². The van der Waals surface area contributed by atoms with E-state index in [4.69, 9.17) is 5.73 Å². The second-order valence-electron chi connectivity index (χ2n) is 4.96. The number of nitrogens with two attached hydrogens (primary N) is 1. The van der Waals surface area contributed by atoms with Gasteiger partial charge in [0.05, 0.1) is 0 Å². The predicted octanol–water partition coefficient (Wildman–Crippen LogP) is 3.64. The Morgan fingerprint density at radius 3 is 2.39 bits per heavy atom. The minimum atomic E-state index is -0.414. The van der Waals surface area contributed by atoms with Gasteiger partial charge >= 0.3 is 0 Å². The van der Waals surface area contributed by atoms with Crippen LogP contribution >= 0.6 is 0 Å². The lowest BCUT2D eigenvalue weighted by Gasteiger charge is -2.05. The van der Waals surface area contributed by atoms with Gasteiger partial charge in [0.15, 0.2) is 0 Å². The maximum absolute atomic E-state index is 12.6. The molecule has 0 spiro atoms. The number of halogens is 1. The molecule has 92 valence electrons. The van der Waals surface area contributed by atoms with Crippen LogP contribution in [0.4, 0.5) is 4.39 Å². The first-order valence-electron chi connectivity index (χ1n) is 6.29. The molecule has 1 nitrogen and oxygen atoms in total. The summed E-state index contributed by atoms with van der Waals surface area (Å²) in [6, 6.07) is 16.4. The third kappa shape index (κ3) is 2.16.